The van der Waals surface area contributed by atoms with Gasteiger partial charge < -0.3 is 11.1 Å². The third-order valence-corrected chi connectivity index (χ3v) is 4.16. The molecule has 0 amide bonds. The SMILES string of the molecule is CCCn1nc(C)c(N)c1NC1CCCC(C)(C)C1. The number of hydrogen-bond acceptors (Lipinski definition) is 3. The van der Waals surface area contributed by atoms with Gasteiger partial charge >= 0.3 is 0 Å². The highest BCUT2D eigenvalue weighted by atomic mass is 15.3. The van der Waals surface area contributed by atoms with Crippen LogP contribution in [0.25, 0.3) is 0 Å². The normalized spacial score (nSPS) is 22.4. The van der Waals surface area contributed by atoms with E-state index in [1.165, 1.54) is 25.7 Å². The van der Waals surface area contributed by atoms with Crippen molar-refractivity contribution in [3.05, 3.63) is 5.69 Å². The molecule has 1 heterocycles. The zero-order valence-corrected chi connectivity index (χ0v) is 12.8. The largest absolute Gasteiger partial charge is 0.394 e. The maximum Gasteiger partial charge on any atom is 0.148 e. The van der Waals surface area contributed by atoms with E-state index >= 15 is 0 Å². The predicted octanol–water partition coefficient (Wildman–Crippen LogP) is 3.56. The first-order valence-corrected chi connectivity index (χ1v) is 7.52. The first-order valence-electron chi connectivity index (χ1n) is 7.52. The average molecular weight is 264 g/mol. The average Bonchev–Trinajstić information content (AvgIpc) is 2.56. The van der Waals surface area contributed by atoms with Crippen molar-refractivity contribution in [2.75, 3.05) is 11.1 Å². The van der Waals surface area contributed by atoms with E-state index in [0.717, 1.165) is 30.2 Å². The van der Waals surface area contributed by atoms with E-state index in [9.17, 15) is 0 Å². The van der Waals surface area contributed by atoms with E-state index in [1.807, 2.05) is 11.6 Å². The molecule has 0 aromatic carbocycles. The Kier molecular flexibility index (Phi) is 4.07. The molecule has 0 spiro atoms. The van der Waals surface area contributed by atoms with Crippen molar-refractivity contribution >= 4 is 11.5 Å². The van der Waals surface area contributed by atoms with Gasteiger partial charge in [0, 0.05) is 12.6 Å². The Morgan fingerprint density at radius 1 is 1.47 bits per heavy atom. The Morgan fingerprint density at radius 2 is 2.21 bits per heavy atom. The van der Waals surface area contributed by atoms with Gasteiger partial charge in [-0.15, -0.1) is 0 Å². The molecule has 1 aliphatic rings. The van der Waals surface area contributed by atoms with Gasteiger partial charge in [0.15, 0.2) is 0 Å². The lowest BCUT2D eigenvalue weighted by molar-refractivity contribution is 0.229. The molecule has 2 rings (SSSR count). The topological polar surface area (TPSA) is 55.9 Å². The summed E-state index contributed by atoms with van der Waals surface area (Å²) >= 11 is 0. The highest BCUT2D eigenvalue weighted by Crippen LogP contribution is 2.37. The zero-order valence-electron chi connectivity index (χ0n) is 12.8. The van der Waals surface area contributed by atoms with Gasteiger partial charge in [-0.25, -0.2) is 4.68 Å². The van der Waals surface area contributed by atoms with E-state index in [1.54, 1.807) is 0 Å². The third-order valence-electron chi connectivity index (χ3n) is 4.16. The molecule has 0 radical (unpaired) electrons. The number of hydrogen-bond donors (Lipinski definition) is 2. The fourth-order valence-corrected chi connectivity index (χ4v) is 3.14. The Bertz CT molecular complexity index is 434. The number of aryl methyl sites for hydroxylation is 2. The Morgan fingerprint density at radius 3 is 2.84 bits per heavy atom. The fourth-order valence-electron chi connectivity index (χ4n) is 3.14. The van der Waals surface area contributed by atoms with Crippen molar-refractivity contribution in [1.82, 2.24) is 9.78 Å². The van der Waals surface area contributed by atoms with Crippen molar-refractivity contribution in [1.29, 1.82) is 0 Å². The summed E-state index contributed by atoms with van der Waals surface area (Å²) in [5, 5.41) is 8.19. The lowest BCUT2D eigenvalue weighted by atomic mass is 9.75. The Hall–Kier alpha value is -1.19. The monoisotopic (exact) mass is 264 g/mol. The predicted molar refractivity (Wildman–Crippen MR) is 81.3 cm³/mol. The van der Waals surface area contributed by atoms with E-state index in [0.29, 0.717) is 11.5 Å². The summed E-state index contributed by atoms with van der Waals surface area (Å²) in [6.07, 6.45) is 6.15. The lowest BCUT2D eigenvalue weighted by Gasteiger charge is -2.36. The van der Waals surface area contributed by atoms with Crippen LogP contribution in [0.4, 0.5) is 11.5 Å². The quantitative estimate of drug-likeness (QED) is 0.874. The highest BCUT2D eigenvalue weighted by molar-refractivity contribution is 5.65. The van der Waals surface area contributed by atoms with Crippen LogP contribution in [0.3, 0.4) is 0 Å². The van der Waals surface area contributed by atoms with Gasteiger partial charge in [-0.2, -0.15) is 5.10 Å². The minimum absolute atomic E-state index is 0.440. The smallest absolute Gasteiger partial charge is 0.148 e. The van der Waals surface area contributed by atoms with Gasteiger partial charge in [0.25, 0.3) is 0 Å². The molecule has 1 saturated carbocycles. The molecule has 1 fully saturated rings. The van der Waals surface area contributed by atoms with Crippen molar-refractivity contribution in [3.63, 3.8) is 0 Å². The molecular formula is C15H28N4. The minimum atomic E-state index is 0.440. The molecule has 3 N–H and O–H groups in total. The molecule has 1 atom stereocenters. The van der Waals surface area contributed by atoms with Crippen LogP contribution in [-0.2, 0) is 6.54 Å². The molecule has 0 aliphatic heterocycles. The number of aromatic nitrogens is 2. The summed E-state index contributed by atoms with van der Waals surface area (Å²) in [5.41, 5.74) is 8.37. The fraction of sp³-hybridized carbons (Fsp3) is 0.800. The molecule has 1 aromatic rings. The summed E-state index contributed by atoms with van der Waals surface area (Å²) in [5.74, 6) is 1.03. The molecule has 0 bridgehead atoms. The number of nitrogens with one attached hydrogen (secondary N) is 1. The van der Waals surface area contributed by atoms with Gasteiger partial charge in [-0.1, -0.05) is 27.2 Å². The van der Waals surface area contributed by atoms with Crippen molar-refractivity contribution in [2.24, 2.45) is 5.41 Å². The molecule has 0 saturated heterocycles. The summed E-state index contributed by atoms with van der Waals surface area (Å²) in [6.45, 7) is 9.80. The van der Waals surface area contributed by atoms with Crippen LogP contribution < -0.4 is 11.1 Å². The molecule has 4 heteroatoms. The maximum absolute atomic E-state index is 6.17. The second-order valence-corrected chi connectivity index (χ2v) is 6.67. The first kappa shape index (κ1) is 14.2. The van der Waals surface area contributed by atoms with Crippen LogP contribution in [0.1, 0.15) is 58.6 Å². The minimum Gasteiger partial charge on any atom is -0.394 e. The third kappa shape index (κ3) is 3.23. The number of anilines is 2. The summed E-state index contributed by atoms with van der Waals surface area (Å²) < 4.78 is 2.03. The number of rotatable bonds is 4. The Labute approximate surface area is 116 Å². The van der Waals surface area contributed by atoms with Gasteiger partial charge in [-0.05, 0) is 38.0 Å². The van der Waals surface area contributed by atoms with Gasteiger partial charge in [0.1, 0.15) is 5.82 Å². The molecule has 19 heavy (non-hydrogen) atoms. The lowest BCUT2D eigenvalue weighted by Crippen LogP contribution is -2.32. The van der Waals surface area contributed by atoms with Crippen LogP contribution in [-0.4, -0.2) is 15.8 Å². The van der Waals surface area contributed by atoms with Crippen molar-refractivity contribution < 1.29 is 0 Å². The maximum atomic E-state index is 6.17. The zero-order chi connectivity index (χ0) is 14.0. The molecule has 1 aromatic heterocycles. The Balaban J connectivity index is 2.14. The number of nitrogens with zero attached hydrogens (tertiary/aromatic N) is 2. The van der Waals surface area contributed by atoms with Gasteiger partial charge in [0.2, 0.25) is 0 Å². The summed E-state index contributed by atoms with van der Waals surface area (Å²) in [7, 11) is 0. The summed E-state index contributed by atoms with van der Waals surface area (Å²) in [6, 6.07) is 0.526. The second kappa shape index (κ2) is 5.43. The first-order chi connectivity index (χ1) is 8.93. The molecular weight excluding hydrogens is 236 g/mol. The van der Waals surface area contributed by atoms with Crippen LogP contribution in [0.5, 0.6) is 0 Å². The molecule has 1 unspecified atom stereocenters. The van der Waals surface area contributed by atoms with E-state index in [-0.39, 0.29) is 0 Å². The van der Waals surface area contributed by atoms with Crippen LogP contribution in [0.15, 0.2) is 0 Å². The van der Waals surface area contributed by atoms with Gasteiger partial charge in [0.05, 0.1) is 11.4 Å². The molecule has 108 valence electrons. The van der Waals surface area contributed by atoms with Crippen molar-refractivity contribution in [3.8, 4) is 0 Å². The van der Waals surface area contributed by atoms with Gasteiger partial charge in [-0.3, -0.25) is 0 Å². The molecule has 1 aliphatic carbocycles. The van der Waals surface area contributed by atoms with E-state index in [2.05, 4.69) is 31.2 Å². The van der Waals surface area contributed by atoms with Crippen LogP contribution in [0, 0.1) is 12.3 Å². The second-order valence-electron chi connectivity index (χ2n) is 6.67. The van der Waals surface area contributed by atoms with E-state index in [4.69, 9.17) is 5.73 Å². The number of nitrogen functional groups attached to an aromatic ring is 1. The van der Waals surface area contributed by atoms with Crippen molar-refractivity contribution in [2.45, 2.75) is 72.4 Å². The standard InChI is InChI=1S/C15H28N4/c1-5-9-19-14(13(16)11(2)18-19)17-12-7-6-8-15(3,4)10-12/h12,17H,5-10,16H2,1-4H3. The highest BCUT2D eigenvalue weighted by Gasteiger charge is 2.29. The van der Waals surface area contributed by atoms with E-state index < -0.39 is 0 Å². The molecule has 4 nitrogen and oxygen atoms in total. The van der Waals surface area contributed by atoms with Crippen LogP contribution >= 0.6 is 0 Å². The van der Waals surface area contributed by atoms with Crippen LogP contribution in [0.2, 0.25) is 0 Å². The summed E-state index contributed by atoms with van der Waals surface area (Å²) in [4.78, 5) is 0. The number of nitrogens with two attached hydrogens (primary N) is 1.